The van der Waals surface area contributed by atoms with Crippen LogP contribution in [0.4, 0.5) is 0 Å². The van der Waals surface area contributed by atoms with Gasteiger partial charge in [0.1, 0.15) is 24.4 Å². The first kappa shape index (κ1) is 38.8. The minimum atomic E-state index is -1.04. The molecule has 14 nitrogen and oxygen atoms in total. The number of carboxylic acids is 1. The topological polar surface area (TPSA) is 238 Å². The molecule has 3 aromatic carbocycles. The maximum Gasteiger partial charge on any atom is 0.307 e. The Morgan fingerprint density at radius 2 is 1.45 bits per heavy atom. The maximum absolute atomic E-state index is 13.7. The molecule has 3 aromatic rings. The predicted molar refractivity (Wildman–Crippen MR) is 185 cm³/mol. The molecule has 3 rings (SSSR count). The zero-order valence-electron chi connectivity index (χ0n) is 26.8. The molecular weight excluding hydrogens is 650 g/mol. The standard InChI is InChI=1S/C34H43N7O7S/c35-34(36)37-16-4-7-28(41-40-25(21-42)17-23-8-12-26(43)13-9-23)33(48)39-29(18-22-5-2-1-3-6-22)32(47)38-20-31(46)49-27-14-10-24(11-15-27)19-30(44)45/h1-3,5-6,8-15,21,25,28-29,34,37,40-41,43H,4,7,16-20,35-36H2,(H,38,47)(H,39,48)(H,44,45)/t25-,28-,29-/m0/s1. The molecule has 0 saturated carbocycles. The average molecular weight is 694 g/mol. The van der Waals surface area contributed by atoms with Crippen molar-refractivity contribution in [1.29, 1.82) is 0 Å². The van der Waals surface area contributed by atoms with Crippen LogP contribution in [0.3, 0.4) is 0 Å². The fourth-order valence-electron chi connectivity index (χ4n) is 4.70. The van der Waals surface area contributed by atoms with E-state index in [1.54, 1.807) is 36.4 Å². The Morgan fingerprint density at radius 3 is 2.08 bits per heavy atom. The van der Waals surface area contributed by atoms with Gasteiger partial charge in [-0.2, -0.15) is 0 Å². The van der Waals surface area contributed by atoms with Crippen LogP contribution in [0.1, 0.15) is 29.5 Å². The van der Waals surface area contributed by atoms with Crippen LogP contribution in [0, 0.1) is 0 Å². The Kier molecular flexibility index (Phi) is 16.4. The lowest BCUT2D eigenvalue weighted by Crippen LogP contribution is -2.58. The molecular formula is C34H43N7O7S. The van der Waals surface area contributed by atoms with Gasteiger partial charge >= 0.3 is 5.97 Å². The van der Waals surface area contributed by atoms with Crippen LogP contribution in [0.15, 0.2) is 83.8 Å². The van der Waals surface area contributed by atoms with E-state index >= 15 is 0 Å². The first-order chi connectivity index (χ1) is 23.5. The summed E-state index contributed by atoms with van der Waals surface area (Å²) in [5, 5.41) is 26.4. The van der Waals surface area contributed by atoms with Crippen LogP contribution in [0.2, 0.25) is 0 Å². The van der Waals surface area contributed by atoms with Gasteiger partial charge in [-0.05, 0) is 66.8 Å². The Bertz CT molecular complexity index is 1510. The van der Waals surface area contributed by atoms with Crippen molar-refractivity contribution in [3.63, 3.8) is 0 Å². The van der Waals surface area contributed by atoms with Crippen molar-refractivity contribution in [2.45, 2.75) is 61.4 Å². The number of carboxylic acid groups (broad SMARTS) is 1. The molecule has 0 aliphatic rings. The molecule has 0 aromatic heterocycles. The SMILES string of the molecule is NC(N)NCCC[C@H](NN[C@H](C=O)Cc1ccc(O)cc1)C(=O)N[C@@H](Cc1ccccc1)C(=O)NCC(=O)Sc1ccc(CC(=O)O)cc1. The number of rotatable bonds is 21. The van der Waals surface area contributed by atoms with Crippen LogP contribution in [0.5, 0.6) is 5.75 Å². The molecule has 0 aliphatic carbocycles. The van der Waals surface area contributed by atoms with Gasteiger partial charge in [0.2, 0.25) is 16.9 Å². The van der Waals surface area contributed by atoms with E-state index in [0.29, 0.717) is 29.7 Å². The van der Waals surface area contributed by atoms with E-state index in [9.17, 15) is 29.1 Å². The Balaban J connectivity index is 1.67. The summed E-state index contributed by atoms with van der Waals surface area (Å²) in [7, 11) is 0. The fraction of sp³-hybridized carbons (Fsp3) is 0.324. The number of hydrogen-bond donors (Lipinski definition) is 9. The molecule has 0 unspecified atom stereocenters. The van der Waals surface area contributed by atoms with Gasteiger partial charge in [0.15, 0.2) is 0 Å². The second kappa shape index (κ2) is 20.7. The minimum absolute atomic E-state index is 0.0986. The number of aldehydes is 1. The summed E-state index contributed by atoms with van der Waals surface area (Å²) >= 11 is 0.902. The molecule has 3 atom stereocenters. The van der Waals surface area contributed by atoms with Gasteiger partial charge in [0.05, 0.1) is 25.0 Å². The molecule has 0 aliphatic heterocycles. The number of hydrazine groups is 1. The third kappa shape index (κ3) is 15.0. The Hall–Kier alpha value is -4.64. The zero-order valence-corrected chi connectivity index (χ0v) is 27.7. The van der Waals surface area contributed by atoms with Gasteiger partial charge in [-0.1, -0.05) is 66.4 Å². The monoisotopic (exact) mass is 693 g/mol. The number of benzene rings is 3. The number of nitrogens with one attached hydrogen (secondary N) is 5. The highest BCUT2D eigenvalue weighted by Gasteiger charge is 2.27. The second-order valence-corrected chi connectivity index (χ2v) is 12.4. The molecule has 0 saturated heterocycles. The van der Waals surface area contributed by atoms with E-state index in [4.69, 9.17) is 16.6 Å². The summed E-state index contributed by atoms with van der Waals surface area (Å²) in [6, 6.07) is 19.4. The van der Waals surface area contributed by atoms with E-state index < -0.39 is 42.2 Å². The smallest absolute Gasteiger partial charge is 0.307 e. The van der Waals surface area contributed by atoms with Crippen LogP contribution in [-0.4, -0.2) is 76.9 Å². The Labute approximate surface area is 288 Å². The molecule has 0 bridgehead atoms. The van der Waals surface area contributed by atoms with E-state index in [2.05, 4.69) is 26.8 Å². The lowest BCUT2D eigenvalue weighted by Gasteiger charge is -2.25. The molecule has 0 fully saturated rings. The first-order valence-electron chi connectivity index (χ1n) is 15.6. The van der Waals surface area contributed by atoms with Crippen LogP contribution < -0.4 is 38.3 Å². The number of carbonyl (C=O) groups is 5. The van der Waals surface area contributed by atoms with Gasteiger partial charge in [-0.15, -0.1) is 0 Å². The Morgan fingerprint density at radius 1 is 0.796 bits per heavy atom. The van der Waals surface area contributed by atoms with Crippen molar-refractivity contribution in [3.8, 4) is 5.75 Å². The largest absolute Gasteiger partial charge is 0.508 e. The van der Waals surface area contributed by atoms with E-state index in [1.807, 2.05) is 30.3 Å². The zero-order chi connectivity index (χ0) is 35.6. The molecule has 262 valence electrons. The van der Waals surface area contributed by atoms with E-state index in [1.165, 1.54) is 12.1 Å². The van der Waals surface area contributed by atoms with Crippen molar-refractivity contribution in [1.82, 2.24) is 26.8 Å². The number of aromatic hydroxyl groups is 1. The number of thioether (sulfide) groups is 1. The van der Waals surface area contributed by atoms with Gasteiger partial charge in [-0.3, -0.25) is 24.5 Å². The normalized spacial score (nSPS) is 12.9. The van der Waals surface area contributed by atoms with Gasteiger partial charge in [0, 0.05) is 11.3 Å². The number of amides is 2. The van der Waals surface area contributed by atoms with Crippen molar-refractivity contribution in [2.75, 3.05) is 13.1 Å². The summed E-state index contributed by atoms with van der Waals surface area (Å²) in [4.78, 5) is 63.1. The van der Waals surface area contributed by atoms with Crippen LogP contribution >= 0.6 is 11.8 Å². The highest BCUT2D eigenvalue weighted by Crippen LogP contribution is 2.19. The van der Waals surface area contributed by atoms with Crippen LogP contribution in [-0.2, 0) is 43.2 Å². The lowest BCUT2D eigenvalue weighted by molar-refractivity contribution is -0.136. The van der Waals surface area contributed by atoms with Crippen LogP contribution in [0.25, 0.3) is 0 Å². The number of nitrogens with two attached hydrogens (primary N) is 2. The highest BCUT2D eigenvalue weighted by atomic mass is 32.2. The lowest BCUT2D eigenvalue weighted by atomic mass is 10.0. The number of aliphatic carboxylic acids is 1. The molecule has 15 heteroatoms. The molecule has 0 heterocycles. The maximum atomic E-state index is 13.7. The summed E-state index contributed by atoms with van der Waals surface area (Å²) in [6.45, 7) is 0.0950. The van der Waals surface area contributed by atoms with E-state index in [-0.39, 0.29) is 43.1 Å². The number of phenols is 1. The van der Waals surface area contributed by atoms with Gasteiger partial charge in [0.25, 0.3) is 0 Å². The molecule has 0 radical (unpaired) electrons. The summed E-state index contributed by atoms with van der Waals surface area (Å²) in [5.74, 6) is -1.94. The minimum Gasteiger partial charge on any atom is -0.508 e. The van der Waals surface area contributed by atoms with Crippen molar-refractivity contribution in [2.24, 2.45) is 11.5 Å². The predicted octanol–water partition coefficient (Wildman–Crippen LogP) is 0.326. The molecule has 0 spiro atoms. The quantitative estimate of drug-likeness (QED) is 0.0241. The van der Waals surface area contributed by atoms with Crippen molar-refractivity contribution in [3.05, 3.63) is 95.6 Å². The summed E-state index contributed by atoms with van der Waals surface area (Å²) in [5.41, 5.74) is 19.1. The molecule has 11 N–H and O–H groups in total. The second-order valence-electron chi connectivity index (χ2n) is 11.2. The van der Waals surface area contributed by atoms with E-state index in [0.717, 1.165) is 22.9 Å². The number of phenolic OH excluding ortho intramolecular Hbond substituents is 1. The van der Waals surface area contributed by atoms with Crippen molar-refractivity contribution < 1.29 is 34.2 Å². The van der Waals surface area contributed by atoms with Gasteiger partial charge < -0.3 is 37.1 Å². The molecule has 2 amide bonds. The summed E-state index contributed by atoms with van der Waals surface area (Å²) < 4.78 is 0. The number of carbonyl (C=O) groups excluding carboxylic acids is 4. The third-order valence-electron chi connectivity index (χ3n) is 7.20. The molecule has 49 heavy (non-hydrogen) atoms. The van der Waals surface area contributed by atoms with Gasteiger partial charge in [-0.25, -0.2) is 10.9 Å². The van der Waals surface area contributed by atoms with Crippen molar-refractivity contribution >= 4 is 40.9 Å². The fourth-order valence-corrected chi connectivity index (χ4v) is 5.38. The summed E-state index contributed by atoms with van der Waals surface area (Å²) in [6.07, 6.45) is 1.02. The number of hydrogen-bond acceptors (Lipinski definition) is 12. The average Bonchev–Trinajstić information content (AvgIpc) is 3.07. The third-order valence-corrected chi connectivity index (χ3v) is 8.08. The first-order valence-corrected chi connectivity index (χ1v) is 16.5. The highest BCUT2D eigenvalue weighted by molar-refractivity contribution is 8.13.